The number of rotatable bonds is 3. The summed E-state index contributed by atoms with van der Waals surface area (Å²) in [6.45, 7) is 8.83. The van der Waals surface area contributed by atoms with Crippen molar-refractivity contribution < 1.29 is 0 Å². The van der Waals surface area contributed by atoms with Gasteiger partial charge in [0, 0.05) is 25.8 Å². The maximum Gasteiger partial charge on any atom is 0.128 e. The molecule has 4 heteroatoms. The van der Waals surface area contributed by atoms with Crippen LogP contribution < -0.4 is 10.2 Å². The second-order valence-corrected chi connectivity index (χ2v) is 8.17. The van der Waals surface area contributed by atoms with E-state index in [1.807, 2.05) is 12.3 Å². The Morgan fingerprint density at radius 1 is 1.00 bits per heavy atom. The molecule has 0 unspecified atom stereocenters. The molecule has 0 aliphatic carbocycles. The molecule has 1 spiro atoms. The number of likely N-dealkylation sites (tertiary alicyclic amines) is 1. The molecule has 0 radical (unpaired) electrons. The monoisotopic (exact) mass is 328 g/mol. The van der Waals surface area contributed by atoms with Gasteiger partial charge in [0.25, 0.3) is 0 Å². The first-order valence-electron chi connectivity index (χ1n) is 9.92. The Balaban J connectivity index is 1.25. The van der Waals surface area contributed by atoms with E-state index in [9.17, 15) is 0 Å². The third kappa shape index (κ3) is 3.75. The van der Waals surface area contributed by atoms with E-state index in [1.54, 1.807) is 0 Å². The molecule has 4 heterocycles. The molecule has 0 amide bonds. The predicted molar refractivity (Wildman–Crippen MR) is 99.4 cm³/mol. The standard InChI is InChI=1S/C20H32N4/c1-2-10-22-19(3-1)24-15-8-20(9-16-24)6-13-23(14-7-20)17-18-4-11-21-12-5-18/h1-3,10,18,21H,4-9,11-17H2. The Bertz CT molecular complexity index is 494. The first-order chi connectivity index (χ1) is 11.8. The lowest BCUT2D eigenvalue weighted by Crippen LogP contribution is -2.48. The van der Waals surface area contributed by atoms with Crippen molar-refractivity contribution in [1.82, 2.24) is 15.2 Å². The van der Waals surface area contributed by atoms with Crippen LogP contribution in [0.3, 0.4) is 0 Å². The van der Waals surface area contributed by atoms with E-state index in [-0.39, 0.29) is 0 Å². The van der Waals surface area contributed by atoms with Gasteiger partial charge in [0.05, 0.1) is 0 Å². The van der Waals surface area contributed by atoms with Gasteiger partial charge in [-0.15, -0.1) is 0 Å². The van der Waals surface area contributed by atoms with Crippen molar-refractivity contribution in [1.29, 1.82) is 0 Å². The van der Waals surface area contributed by atoms with Crippen LogP contribution in [0.15, 0.2) is 24.4 Å². The highest BCUT2D eigenvalue weighted by atomic mass is 15.2. The van der Waals surface area contributed by atoms with Crippen molar-refractivity contribution in [3.63, 3.8) is 0 Å². The van der Waals surface area contributed by atoms with Crippen LogP contribution >= 0.6 is 0 Å². The molecule has 1 aromatic rings. The van der Waals surface area contributed by atoms with E-state index in [1.165, 1.54) is 84.3 Å². The molecule has 4 rings (SSSR count). The second kappa shape index (κ2) is 7.40. The molecule has 0 aromatic carbocycles. The van der Waals surface area contributed by atoms with Gasteiger partial charge < -0.3 is 15.1 Å². The third-order valence-corrected chi connectivity index (χ3v) is 6.69. The zero-order chi connectivity index (χ0) is 16.2. The molecule has 24 heavy (non-hydrogen) atoms. The van der Waals surface area contributed by atoms with Crippen LogP contribution in [0.25, 0.3) is 0 Å². The van der Waals surface area contributed by atoms with E-state index in [0.717, 1.165) is 11.7 Å². The van der Waals surface area contributed by atoms with Crippen molar-refractivity contribution in [2.75, 3.05) is 50.7 Å². The molecule has 3 fully saturated rings. The number of anilines is 1. The molecule has 4 nitrogen and oxygen atoms in total. The SMILES string of the molecule is c1ccc(N2CCC3(CCN(CC4CCNCC4)CC3)CC2)nc1. The van der Waals surface area contributed by atoms with Crippen LogP contribution in [0.5, 0.6) is 0 Å². The molecular weight excluding hydrogens is 296 g/mol. The molecule has 132 valence electrons. The highest BCUT2D eigenvalue weighted by Crippen LogP contribution is 2.42. The van der Waals surface area contributed by atoms with Crippen LogP contribution in [0.2, 0.25) is 0 Å². The number of nitrogens with zero attached hydrogens (tertiary/aromatic N) is 3. The summed E-state index contributed by atoms with van der Waals surface area (Å²) in [5.74, 6) is 2.10. The quantitative estimate of drug-likeness (QED) is 0.924. The average molecular weight is 329 g/mol. The predicted octanol–water partition coefficient (Wildman–Crippen LogP) is 2.76. The van der Waals surface area contributed by atoms with E-state index >= 15 is 0 Å². The Hall–Kier alpha value is -1.13. The fourth-order valence-corrected chi connectivity index (χ4v) is 4.89. The normalized spacial score (nSPS) is 25.9. The summed E-state index contributed by atoms with van der Waals surface area (Å²) in [4.78, 5) is 9.76. The fraction of sp³-hybridized carbons (Fsp3) is 0.750. The van der Waals surface area contributed by atoms with Gasteiger partial charge in [-0.3, -0.25) is 0 Å². The zero-order valence-electron chi connectivity index (χ0n) is 14.9. The molecular formula is C20H32N4. The van der Waals surface area contributed by atoms with Crippen LogP contribution in [-0.4, -0.2) is 55.7 Å². The number of nitrogens with one attached hydrogen (secondary N) is 1. The Morgan fingerprint density at radius 2 is 1.71 bits per heavy atom. The molecule has 3 aliphatic heterocycles. The van der Waals surface area contributed by atoms with Gasteiger partial charge in [-0.2, -0.15) is 0 Å². The summed E-state index contributed by atoms with van der Waals surface area (Å²) in [6, 6.07) is 6.26. The summed E-state index contributed by atoms with van der Waals surface area (Å²) >= 11 is 0. The van der Waals surface area contributed by atoms with Crippen LogP contribution in [-0.2, 0) is 0 Å². The molecule has 0 atom stereocenters. The van der Waals surface area contributed by atoms with Crippen molar-refractivity contribution in [2.24, 2.45) is 11.3 Å². The minimum absolute atomic E-state index is 0.621. The third-order valence-electron chi connectivity index (χ3n) is 6.69. The van der Waals surface area contributed by atoms with Crippen molar-refractivity contribution >= 4 is 5.82 Å². The molecule has 0 saturated carbocycles. The maximum atomic E-state index is 4.53. The van der Waals surface area contributed by atoms with Gasteiger partial charge >= 0.3 is 0 Å². The van der Waals surface area contributed by atoms with Crippen LogP contribution in [0, 0.1) is 11.3 Å². The van der Waals surface area contributed by atoms with E-state index in [4.69, 9.17) is 0 Å². The first-order valence-corrected chi connectivity index (χ1v) is 9.92. The summed E-state index contributed by atoms with van der Waals surface area (Å²) < 4.78 is 0. The topological polar surface area (TPSA) is 31.4 Å². The largest absolute Gasteiger partial charge is 0.357 e. The van der Waals surface area contributed by atoms with Crippen molar-refractivity contribution in [3.8, 4) is 0 Å². The summed E-state index contributed by atoms with van der Waals surface area (Å²) in [5, 5.41) is 3.49. The lowest BCUT2D eigenvalue weighted by atomic mass is 9.71. The van der Waals surface area contributed by atoms with Gasteiger partial charge in [0.15, 0.2) is 0 Å². The number of hydrogen-bond donors (Lipinski definition) is 1. The Labute approximate surface area is 146 Å². The number of hydrogen-bond acceptors (Lipinski definition) is 4. The van der Waals surface area contributed by atoms with Gasteiger partial charge in [-0.05, 0) is 88.2 Å². The second-order valence-electron chi connectivity index (χ2n) is 8.17. The fourth-order valence-electron chi connectivity index (χ4n) is 4.89. The lowest BCUT2D eigenvalue weighted by Gasteiger charge is -2.47. The molecule has 3 saturated heterocycles. The molecule has 1 aromatic heterocycles. The Morgan fingerprint density at radius 3 is 2.38 bits per heavy atom. The molecule has 0 bridgehead atoms. The van der Waals surface area contributed by atoms with Gasteiger partial charge in [-0.25, -0.2) is 4.98 Å². The number of pyridine rings is 1. The Kier molecular flexibility index (Phi) is 5.04. The minimum Gasteiger partial charge on any atom is -0.357 e. The number of piperidine rings is 3. The summed E-state index contributed by atoms with van der Waals surface area (Å²) in [7, 11) is 0. The van der Waals surface area contributed by atoms with Crippen molar-refractivity contribution in [2.45, 2.75) is 38.5 Å². The smallest absolute Gasteiger partial charge is 0.128 e. The van der Waals surface area contributed by atoms with Gasteiger partial charge in [0.2, 0.25) is 0 Å². The number of aromatic nitrogens is 1. The van der Waals surface area contributed by atoms with Crippen LogP contribution in [0.4, 0.5) is 5.82 Å². The van der Waals surface area contributed by atoms with Crippen molar-refractivity contribution in [3.05, 3.63) is 24.4 Å². The van der Waals surface area contributed by atoms with Crippen LogP contribution in [0.1, 0.15) is 38.5 Å². The molecule has 1 N–H and O–H groups in total. The first kappa shape index (κ1) is 16.3. The van der Waals surface area contributed by atoms with E-state index < -0.39 is 0 Å². The van der Waals surface area contributed by atoms with E-state index in [2.05, 4.69) is 32.2 Å². The summed E-state index contributed by atoms with van der Waals surface area (Å²) in [5.41, 5.74) is 0.621. The van der Waals surface area contributed by atoms with Gasteiger partial charge in [0.1, 0.15) is 5.82 Å². The lowest BCUT2D eigenvalue weighted by molar-refractivity contribution is 0.0670. The van der Waals surface area contributed by atoms with Gasteiger partial charge in [-0.1, -0.05) is 6.07 Å². The average Bonchev–Trinajstić information content (AvgIpc) is 2.66. The summed E-state index contributed by atoms with van der Waals surface area (Å²) in [6.07, 6.45) is 10.2. The zero-order valence-corrected chi connectivity index (χ0v) is 14.9. The highest BCUT2D eigenvalue weighted by Gasteiger charge is 2.38. The highest BCUT2D eigenvalue weighted by molar-refractivity contribution is 5.38. The van der Waals surface area contributed by atoms with E-state index in [0.29, 0.717) is 5.41 Å². The molecule has 3 aliphatic rings. The maximum absolute atomic E-state index is 4.53. The minimum atomic E-state index is 0.621.